The van der Waals surface area contributed by atoms with Crippen LogP contribution in [0, 0.1) is 0 Å². The Morgan fingerprint density at radius 3 is 2.46 bits per heavy atom. The van der Waals surface area contributed by atoms with E-state index in [1.807, 2.05) is 30.3 Å². The minimum atomic E-state index is -1.13. The lowest BCUT2D eigenvalue weighted by molar-refractivity contribution is -0.148. The lowest BCUT2D eigenvalue weighted by atomic mass is 9.78. The van der Waals surface area contributed by atoms with Crippen molar-refractivity contribution in [1.29, 1.82) is 0 Å². The van der Waals surface area contributed by atoms with E-state index in [2.05, 4.69) is 4.90 Å². The highest BCUT2D eigenvalue weighted by Crippen LogP contribution is 2.48. The average molecular weight is 346 g/mol. The number of allylic oxidation sites excluding steroid dienone is 1. The van der Waals surface area contributed by atoms with Crippen molar-refractivity contribution in [3.63, 3.8) is 0 Å². The minimum Gasteiger partial charge on any atom is -0.429 e. The first-order valence-electron chi connectivity index (χ1n) is 9.14. The number of hydrogen-bond donors (Lipinski definition) is 0. The zero-order chi connectivity index (χ0) is 16.6. The van der Waals surface area contributed by atoms with Crippen LogP contribution in [0.5, 0.6) is 0 Å². The molecule has 2 atom stereocenters. The van der Waals surface area contributed by atoms with Gasteiger partial charge in [0.2, 0.25) is 0 Å². The molecule has 4 rings (SSSR count). The molecule has 1 aromatic carbocycles. The maximum Gasteiger partial charge on any atom is 0.338 e. The molecule has 4 heteroatoms. The summed E-state index contributed by atoms with van der Waals surface area (Å²) in [6.45, 7) is 2.02. The summed E-state index contributed by atoms with van der Waals surface area (Å²) >= 11 is 7.12. The van der Waals surface area contributed by atoms with Crippen LogP contribution in [0.4, 0.5) is 0 Å². The fraction of sp³-hybridized carbons (Fsp3) is 0.550. The molecule has 1 aromatic rings. The van der Waals surface area contributed by atoms with Crippen molar-refractivity contribution in [2.75, 3.05) is 13.1 Å². The fourth-order valence-electron chi connectivity index (χ4n) is 4.45. The highest BCUT2D eigenvalue weighted by molar-refractivity contribution is 6.35. The van der Waals surface area contributed by atoms with Gasteiger partial charge in [0.05, 0.1) is 6.04 Å². The molecule has 24 heavy (non-hydrogen) atoms. The van der Waals surface area contributed by atoms with Crippen LogP contribution in [0.3, 0.4) is 0 Å². The van der Waals surface area contributed by atoms with Gasteiger partial charge < -0.3 is 4.74 Å². The first-order valence-corrected chi connectivity index (χ1v) is 9.52. The Bertz CT molecular complexity index is 651. The van der Waals surface area contributed by atoms with Gasteiger partial charge in [-0.25, -0.2) is 4.79 Å². The normalized spacial score (nSPS) is 31.5. The Balaban J connectivity index is 1.83. The van der Waals surface area contributed by atoms with E-state index in [1.165, 1.54) is 24.8 Å². The summed E-state index contributed by atoms with van der Waals surface area (Å²) in [6.07, 6.45) is 7.73. The molecule has 0 bridgehead atoms. The lowest BCUT2D eigenvalue weighted by Gasteiger charge is -2.47. The molecule has 3 aliphatic rings. The lowest BCUT2D eigenvalue weighted by Crippen LogP contribution is -2.57. The van der Waals surface area contributed by atoms with Crippen molar-refractivity contribution in [1.82, 2.24) is 4.90 Å². The monoisotopic (exact) mass is 345 g/mol. The zero-order valence-electron chi connectivity index (χ0n) is 14.0. The third-order valence-electron chi connectivity index (χ3n) is 5.63. The van der Waals surface area contributed by atoms with Gasteiger partial charge in [-0.15, -0.1) is 0 Å². The van der Waals surface area contributed by atoms with Gasteiger partial charge in [0, 0.05) is 6.42 Å². The van der Waals surface area contributed by atoms with E-state index in [0.29, 0.717) is 0 Å². The van der Waals surface area contributed by atoms with Crippen molar-refractivity contribution in [2.24, 2.45) is 0 Å². The maximum absolute atomic E-state index is 13.0. The number of benzene rings is 1. The first-order chi connectivity index (χ1) is 11.7. The summed E-state index contributed by atoms with van der Waals surface area (Å²) in [5, 5.41) is 0. The van der Waals surface area contributed by atoms with Crippen LogP contribution in [0.2, 0.25) is 0 Å². The van der Waals surface area contributed by atoms with Crippen molar-refractivity contribution >= 4 is 17.6 Å². The third kappa shape index (κ3) is 2.58. The van der Waals surface area contributed by atoms with Crippen LogP contribution in [-0.2, 0) is 14.4 Å². The summed E-state index contributed by atoms with van der Waals surface area (Å²) in [7, 11) is 0. The van der Waals surface area contributed by atoms with Gasteiger partial charge in [0.1, 0.15) is 5.76 Å². The Labute approximate surface area is 148 Å². The van der Waals surface area contributed by atoms with Crippen LogP contribution in [0.25, 0.3) is 0 Å². The van der Waals surface area contributed by atoms with Crippen LogP contribution < -0.4 is 0 Å². The molecule has 1 saturated heterocycles. The molecule has 2 aliphatic heterocycles. The van der Waals surface area contributed by atoms with Crippen LogP contribution in [0.1, 0.15) is 50.5 Å². The number of rotatable bonds is 2. The summed E-state index contributed by atoms with van der Waals surface area (Å²) in [5.74, 6) is 0.598. The Morgan fingerprint density at radius 2 is 1.71 bits per heavy atom. The third-order valence-corrected chi connectivity index (χ3v) is 6.21. The van der Waals surface area contributed by atoms with Crippen LogP contribution >= 0.6 is 11.6 Å². The predicted molar refractivity (Wildman–Crippen MR) is 94.8 cm³/mol. The molecule has 0 radical (unpaired) electrons. The zero-order valence-corrected chi connectivity index (χ0v) is 14.7. The largest absolute Gasteiger partial charge is 0.429 e. The molecule has 3 nitrogen and oxygen atoms in total. The Morgan fingerprint density at radius 1 is 1.00 bits per heavy atom. The van der Waals surface area contributed by atoms with E-state index in [0.717, 1.165) is 50.1 Å². The topological polar surface area (TPSA) is 29.5 Å². The summed E-state index contributed by atoms with van der Waals surface area (Å²) in [4.78, 5) is 14.3. The van der Waals surface area contributed by atoms with Crippen molar-refractivity contribution in [3.8, 4) is 0 Å². The second-order valence-electron chi connectivity index (χ2n) is 7.12. The maximum atomic E-state index is 13.0. The molecule has 0 unspecified atom stereocenters. The number of esters is 1. The molecule has 128 valence electrons. The number of piperidine rings is 1. The van der Waals surface area contributed by atoms with Gasteiger partial charge in [0.15, 0.2) is 4.87 Å². The highest BCUT2D eigenvalue weighted by Gasteiger charge is 2.55. The van der Waals surface area contributed by atoms with Crippen LogP contribution in [0.15, 0.2) is 41.7 Å². The number of hydrogen-bond acceptors (Lipinski definition) is 3. The van der Waals surface area contributed by atoms with Crippen molar-refractivity contribution in [3.05, 3.63) is 47.2 Å². The van der Waals surface area contributed by atoms with E-state index >= 15 is 0 Å². The second-order valence-corrected chi connectivity index (χ2v) is 7.72. The molecule has 0 aromatic heterocycles. The molecule has 1 aliphatic carbocycles. The molecular formula is C20H24ClNO2. The van der Waals surface area contributed by atoms with E-state index in [9.17, 15) is 4.79 Å². The Hall–Kier alpha value is -1.32. The number of alkyl halides is 1. The van der Waals surface area contributed by atoms with E-state index in [-0.39, 0.29) is 12.0 Å². The van der Waals surface area contributed by atoms with Gasteiger partial charge in [-0.05, 0) is 56.3 Å². The standard InChI is InChI=1S/C20H24ClNO2/c21-20(15-9-3-1-4-10-15)18(22-13-7-2-8-14-22)16-11-5-6-12-17(16)24-19(20)23/h1,3-4,9-10,18H,2,5-8,11-14H2/t18-,20-/m0/s1. The number of likely N-dealkylation sites (tertiary alicyclic amines) is 1. The molecule has 1 fully saturated rings. The van der Waals surface area contributed by atoms with Gasteiger partial charge >= 0.3 is 5.97 Å². The van der Waals surface area contributed by atoms with Gasteiger partial charge in [-0.1, -0.05) is 48.4 Å². The number of carbonyl (C=O) groups excluding carboxylic acids is 1. The molecule has 0 saturated carbocycles. The summed E-state index contributed by atoms with van der Waals surface area (Å²) in [6, 6.07) is 9.70. The molecule has 0 amide bonds. The molecule has 2 heterocycles. The van der Waals surface area contributed by atoms with Gasteiger partial charge in [-0.3, -0.25) is 4.90 Å². The summed E-state index contributed by atoms with van der Waals surface area (Å²) in [5.41, 5.74) is 2.12. The Kier molecular flexibility index (Phi) is 4.40. The SMILES string of the molecule is O=C1OC2=C(CCCC2)[C@H](N2CCCCC2)[C@@]1(Cl)c1ccccc1. The smallest absolute Gasteiger partial charge is 0.338 e. The quantitative estimate of drug-likeness (QED) is 0.589. The number of carbonyl (C=O) groups is 1. The second kappa shape index (κ2) is 6.53. The number of ether oxygens (including phenoxy) is 1. The predicted octanol–water partition coefficient (Wildman–Crippen LogP) is 4.36. The molecular weight excluding hydrogens is 322 g/mol. The number of nitrogens with zero attached hydrogens (tertiary/aromatic N) is 1. The first kappa shape index (κ1) is 16.2. The van der Waals surface area contributed by atoms with E-state index in [4.69, 9.17) is 16.3 Å². The van der Waals surface area contributed by atoms with Crippen molar-refractivity contribution < 1.29 is 9.53 Å². The average Bonchev–Trinajstić information content (AvgIpc) is 2.64. The van der Waals surface area contributed by atoms with Crippen LogP contribution in [-0.4, -0.2) is 30.0 Å². The van der Waals surface area contributed by atoms with Crippen molar-refractivity contribution in [2.45, 2.75) is 55.9 Å². The fourth-order valence-corrected chi connectivity index (χ4v) is 4.88. The van der Waals surface area contributed by atoms with E-state index in [1.54, 1.807) is 0 Å². The summed E-state index contributed by atoms with van der Waals surface area (Å²) < 4.78 is 5.76. The van der Waals surface area contributed by atoms with E-state index < -0.39 is 4.87 Å². The minimum absolute atomic E-state index is 0.0709. The highest BCUT2D eigenvalue weighted by atomic mass is 35.5. The van der Waals surface area contributed by atoms with Gasteiger partial charge in [-0.2, -0.15) is 0 Å². The van der Waals surface area contributed by atoms with Gasteiger partial charge in [0.25, 0.3) is 0 Å². The molecule has 0 N–H and O–H groups in total. The molecule has 0 spiro atoms. The number of halogens is 1.